The number of nitrogens with zero attached hydrogens (tertiary/aromatic N) is 2. The molecule has 2 aliphatic rings. The maximum atomic E-state index is 13.1. The van der Waals surface area contributed by atoms with E-state index < -0.39 is 11.6 Å². The molecule has 2 unspecified atom stereocenters. The highest BCUT2D eigenvalue weighted by molar-refractivity contribution is 8.76. The van der Waals surface area contributed by atoms with Crippen molar-refractivity contribution in [1.29, 1.82) is 0 Å². The number of ether oxygens (including phenoxy) is 3. The number of carbonyl (C=O) groups is 3. The van der Waals surface area contributed by atoms with Crippen LogP contribution in [0.15, 0.2) is 91.0 Å². The van der Waals surface area contributed by atoms with Gasteiger partial charge in [-0.15, -0.1) is 0 Å². The number of benzene rings is 3. The van der Waals surface area contributed by atoms with E-state index in [1.54, 1.807) is 28.5 Å². The van der Waals surface area contributed by atoms with Crippen LogP contribution in [0.25, 0.3) is 0 Å². The van der Waals surface area contributed by atoms with Crippen molar-refractivity contribution in [3.8, 4) is 0 Å². The van der Waals surface area contributed by atoms with E-state index >= 15 is 0 Å². The molecule has 2 atom stereocenters. The summed E-state index contributed by atoms with van der Waals surface area (Å²) in [5, 5.41) is 5.82. The molecule has 10 nitrogen and oxygen atoms in total. The van der Waals surface area contributed by atoms with Crippen LogP contribution in [0.3, 0.4) is 0 Å². The number of piperazine rings is 1. The number of alkyl carbamates (subject to hydrolysis) is 2. The van der Waals surface area contributed by atoms with Crippen molar-refractivity contribution in [2.75, 3.05) is 70.6 Å². The van der Waals surface area contributed by atoms with Crippen LogP contribution in [-0.4, -0.2) is 98.7 Å². The first kappa shape index (κ1) is 41.3. The van der Waals surface area contributed by atoms with E-state index in [0.29, 0.717) is 82.4 Å². The maximum absolute atomic E-state index is 13.1. The van der Waals surface area contributed by atoms with Crippen molar-refractivity contribution in [3.05, 3.63) is 108 Å². The quantitative estimate of drug-likeness (QED) is 0.0645. The van der Waals surface area contributed by atoms with Crippen molar-refractivity contribution < 1.29 is 28.6 Å². The lowest BCUT2D eigenvalue weighted by atomic mass is 9.75. The summed E-state index contributed by atoms with van der Waals surface area (Å²) in [6.45, 7) is 6.49. The summed E-state index contributed by atoms with van der Waals surface area (Å²) in [5.74, 6) is 2.02. The first-order valence-corrected chi connectivity index (χ1v) is 21.9. The molecule has 292 valence electrons. The van der Waals surface area contributed by atoms with Crippen LogP contribution in [-0.2, 0) is 19.7 Å². The van der Waals surface area contributed by atoms with Crippen LogP contribution >= 0.6 is 21.6 Å². The number of hydrogen-bond acceptors (Lipinski definition) is 9. The molecular formula is C42H56N4O6S2. The van der Waals surface area contributed by atoms with Gasteiger partial charge in [0.15, 0.2) is 0 Å². The molecule has 1 saturated carbocycles. The van der Waals surface area contributed by atoms with Crippen LogP contribution in [0.1, 0.15) is 62.1 Å². The van der Waals surface area contributed by atoms with E-state index in [9.17, 15) is 14.4 Å². The van der Waals surface area contributed by atoms with Gasteiger partial charge in [0.05, 0.1) is 12.1 Å². The largest absolute Gasteiger partial charge is 0.450 e. The molecule has 1 heterocycles. The minimum absolute atomic E-state index is 0.282. The lowest BCUT2D eigenvalue weighted by Gasteiger charge is -2.48. The van der Waals surface area contributed by atoms with Crippen LogP contribution in [0.4, 0.5) is 14.4 Å². The fraction of sp³-hybridized carbons (Fsp3) is 0.500. The Morgan fingerprint density at radius 3 is 1.59 bits per heavy atom. The summed E-state index contributed by atoms with van der Waals surface area (Å²) < 4.78 is 16.1. The molecule has 2 N–H and O–H groups in total. The Balaban J connectivity index is 0.984. The molecule has 1 saturated heterocycles. The minimum Gasteiger partial charge on any atom is -0.450 e. The van der Waals surface area contributed by atoms with Gasteiger partial charge in [-0.05, 0) is 54.7 Å². The first-order valence-electron chi connectivity index (χ1n) is 19.4. The summed E-state index contributed by atoms with van der Waals surface area (Å²) in [5.41, 5.74) is 3.09. The van der Waals surface area contributed by atoms with Gasteiger partial charge in [-0.2, -0.15) is 0 Å². The van der Waals surface area contributed by atoms with Gasteiger partial charge in [0, 0.05) is 50.8 Å². The molecular weight excluding hydrogens is 721 g/mol. The zero-order valence-corrected chi connectivity index (χ0v) is 33.1. The zero-order chi connectivity index (χ0) is 37.9. The Kier molecular flexibility index (Phi) is 17.2. The minimum atomic E-state index is -0.499. The maximum Gasteiger partial charge on any atom is 0.409 e. The van der Waals surface area contributed by atoms with Crippen LogP contribution in [0, 0.1) is 11.8 Å². The molecule has 3 amide bonds. The Morgan fingerprint density at radius 1 is 0.648 bits per heavy atom. The van der Waals surface area contributed by atoms with Crippen molar-refractivity contribution in [1.82, 2.24) is 20.4 Å². The van der Waals surface area contributed by atoms with Gasteiger partial charge in [-0.1, -0.05) is 132 Å². The smallest absolute Gasteiger partial charge is 0.409 e. The van der Waals surface area contributed by atoms with Gasteiger partial charge in [-0.3, -0.25) is 4.90 Å². The van der Waals surface area contributed by atoms with E-state index in [0.717, 1.165) is 32.1 Å². The summed E-state index contributed by atoms with van der Waals surface area (Å²) in [4.78, 5) is 41.5. The molecule has 0 spiro atoms. The lowest BCUT2D eigenvalue weighted by Crippen LogP contribution is -2.57. The third-order valence-electron chi connectivity index (χ3n) is 10.2. The van der Waals surface area contributed by atoms with Crippen LogP contribution in [0.5, 0.6) is 0 Å². The summed E-state index contributed by atoms with van der Waals surface area (Å²) in [6, 6.07) is 31.9. The van der Waals surface area contributed by atoms with Crippen LogP contribution in [0.2, 0.25) is 0 Å². The summed E-state index contributed by atoms with van der Waals surface area (Å²) in [6.07, 6.45) is 5.52. The number of amides is 3. The average Bonchev–Trinajstić information content (AvgIpc) is 3.20. The van der Waals surface area contributed by atoms with Crippen LogP contribution < -0.4 is 10.6 Å². The SMILES string of the molecule is CCOC(=O)NCC1CCCCCC(CNC(=O)OCCSSCCOC(=O)N2CCN(C(c3ccccc3)(c3ccccc3)c3ccccc3)CC2)C1. The normalized spacial score (nSPS) is 18.1. The van der Waals surface area contributed by atoms with Crippen molar-refractivity contribution in [2.24, 2.45) is 11.8 Å². The first-order chi connectivity index (χ1) is 26.5. The van der Waals surface area contributed by atoms with E-state index in [4.69, 9.17) is 14.2 Å². The Bertz CT molecular complexity index is 1450. The van der Waals surface area contributed by atoms with Gasteiger partial charge in [-0.25, -0.2) is 14.4 Å². The highest BCUT2D eigenvalue weighted by Crippen LogP contribution is 2.43. The predicted octanol–water partition coefficient (Wildman–Crippen LogP) is 8.17. The number of hydrogen-bond donors (Lipinski definition) is 2. The van der Waals surface area contributed by atoms with Gasteiger partial charge in [0.2, 0.25) is 0 Å². The van der Waals surface area contributed by atoms with Crippen molar-refractivity contribution >= 4 is 39.9 Å². The molecule has 1 aliphatic carbocycles. The monoisotopic (exact) mass is 776 g/mol. The molecule has 0 bridgehead atoms. The van der Waals surface area contributed by atoms with Crippen molar-refractivity contribution in [3.63, 3.8) is 0 Å². The zero-order valence-electron chi connectivity index (χ0n) is 31.5. The second-order valence-corrected chi connectivity index (χ2v) is 16.5. The molecule has 1 aliphatic heterocycles. The van der Waals surface area contributed by atoms with Gasteiger partial charge in [0.1, 0.15) is 13.2 Å². The Morgan fingerprint density at radius 2 is 1.11 bits per heavy atom. The molecule has 12 heteroatoms. The molecule has 0 radical (unpaired) electrons. The second kappa shape index (κ2) is 22.5. The lowest BCUT2D eigenvalue weighted by molar-refractivity contribution is 0.0545. The van der Waals surface area contributed by atoms with Gasteiger partial charge >= 0.3 is 18.3 Å². The number of carbonyl (C=O) groups excluding carboxylic acids is 3. The van der Waals surface area contributed by atoms with Gasteiger partial charge < -0.3 is 29.7 Å². The Labute approximate surface area is 328 Å². The third kappa shape index (κ3) is 12.1. The Hall–Kier alpha value is -3.87. The topological polar surface area (TPSA) is 109 Å². The summed E-state index contributed by atoms with van der Waals surface area (Å²) in [7, 11) is 3.20. The third-order valence-corrected chi connectivity index (χ3v) is 12.5. The van der Waals surface area contributed by atoms with E-state index in [1.165, 1.54) is 23.1 Å². The van der Waals surface area contributed by atoms with E-state index in [1.807, 2.05) is 4.90 Å². The number of nitrogens with one attached hydrogen (secondary N) is 2. The molecule has 5 rings (SSSR count). The molecule has 3 aromatic rings. The van der Waals surface area contributed by atoms with E-state index in [2.05, 4.69) is 107 Å². The van der Waals surface area contributed by atoms with Gasteiger partial charge in [0.25, 0.3) is 0 Å². The fourth-order valence-corrected chi connectivity index (χ4v) is 9.31. The standard InChI is InChI=1S/C42H56N4O6S2/c1-2-50-39(47)43-32-34-15-7-3-8-16-35(31-34)33-44-40(48)51-27-29-53-54-30-28-52-41(49)45-23-25-46(26-24-45)42(36-17-9-4-10-18-36,37-19-11-5-12-20-37)38-21-13-6-14-22-38/h4-6,9-14,17-22,34-35H,2-3,7-8,15-16,23-33H2,1H3,(H,43,47)(H,44,48). The molecule has 2 fully saturated rings. The highest BCUT2D eigenvalue weighted by atomic mass is 33.1. The molecule has 3 aromatic carbocycles. The fourth-order valence-electron chi connectivity index (χ4n) is 7.66. The average molecular weight is 777 g/mol. The molecule has 0 aromatic heterocycles. The van der Waals surface area contributed by atoms with E-state index in [-0.39, 0.29) is 12.2 Å². The second-order valence-electron chi connectivity index (χ2n) is 13.8. The highest BCUT2D eigenvalue weighted by Gasteiger charge is 2.43. The van der Waals surface area contributed by atoms with Crippen molar-refractivity contribution in [2.45, 2.75) is 51.0 Å². The molecule has 54 heavy (non-hydrogen) atoms. The predicted molar refractivity (Wildman–Crippen MR) is 218 cm³/mol. The number of rotatable bonds is 16. The summed E-state index contributed by atoms with van der Waals surface area (Å²) >= 11 is 0.